The quantitative estimate of drug-likeness (QED) is 0.849. The van der Waals surface area contributed by atoms with Gasteiger partial charge in [0.2, 0.25) is 0 Å². The highest BCUT2D eigenvalue weighted by Gasteiger charge is 2.31. The van der Waals surface area contributed by atoms with Gasteiger partial charge in [-0.05, 0) is 48.6 Å². The van der Waals surface area contributed by atoms with Gasteiger partial charge in [-0.2, -0.15) is 0 Å². The fourth-order valence-electron chi connectivity index (χ4n) is 3.15. The molecular formula is C17H26O. The monoisotopic (exact) mass is 246 g/mol. The molecule has 2 rings (SSSR count). The van der Waals surface area contributed by atoms with Crippen molar-refractivity contribution in [2.45, 2.75) is 58.5 Å². The van der Waals surface area contributed by atoms with Crippen LogP contribution in [0.15, 0.2) is 24.3 Å². The lowest BCUT2D eigenvalue weighted by Crippen LogP contribution is -2.29. The first-order chi connectivity index (χ1) is 8.61. The molecular weight excluding hydrogens is 220 g/mol. The number of hydrogen-bond acceptors (Lipinski definition) is 1. The fraction of sp³-hybridized carbons (Fsp3) is 0.647. The molecule has 1 fully saturated rings. The zero-order chi connectivity index (χ0) is 13.1. The fourth-order valence-corrected chi connectivity index (χ4v) is 3.15. The Morgan fingerprint density at radius 2 is 1.83 bits per heavy atom. The van der Waals surface area contributed by atoms with Crippen molar-refractivity contribution in [2.75, 3.05) is 0 Å². The van der Waals surface area contributed by atoms with E-state index < -0.39 is 0 Å². The van der Waals surface area contributed by atoms with Gasteiger partial charge in [0.05, 0.1) is 6.10 Å². The van der Waals surface area contributed by atoms with E-state index >= 15 is 0 Å². The zero-order valence-electron chi connectivity index (χ0n) is 11.9. The Labute approximate surface area is 111 Å². The maximum Gasteiger partial charge on any atom is 0.0608 e. The van der Waals surface area contributed by atoms with E-state index in [1.165, 1.54) is 17.5 Å². The van der Waals surface area contributed by atoms with Crippen LogP contribution in [0.25, 0.3) is 0 Å². The van der Waals surface area contributed by atoms with Gasteiger partial charge >= 0.3 is 0 Å². The van der Waals surface area contributed by atoms with E-state index in [1.54, 1.807) is 0 Å². The summed E-state index contributed by atoms with van der Waals surface area (Å²) < 4.78 is 0. The highest BCUT2D eigenvalue weighted by Crippen LogP contribution is 2.39. The minimum atomic E-state index is -0.146. The lowest BCUT2D eigenvalue weighted by Gasteiger charge is -2.35. The van der Waals surface area contributed by atoms with Crippen LogP contribution in [0.4, 0.5) is 0 Å². The van der Waals surface area contributed by atoms with Gasteiger partial charge in [0, 0.05) is 5.92 Å². The second-order valence-electron chi connectivity index (χ2n) is 6.09. The first-order valence-corrected chi connectivity index (χ1v) is 7.38. The molecule has 0 heterocycles. The predicted molar refractivity (Wildman–Crippen MR) is 76.7 cm³/mol. The van der Waals surface area contributed by atoms with Crippen molar-refractivity contribution in [2.24, 2.45) is 11.8 Å². The molecule has 1 saturated carbocycles. The van der Waals surface area contributed by atoms with Crippen LogP contribution < -0.4 is 0 Å². The lowest BCUT2D eigenvalue weighted by atomic mass is 9.72. The third-order valence-electron chi connectivity index (χ3n) is 4.61. The molecule has 1 aliphatic carbocycles. The molecule has 1 aromatic carbocycles. The van der Waals surface area contributed by atoms with Crippen LogP contribution in [0.2, 0.25) is 0 Å². The van der Waals surface area contributed by atoms with Gasteiger partial charge in [-0.25, -0.2) is 0 Å². The molecule has 1 N–H and O–H groups in total. The van der Waals surface area contributed by atoms with Crippen LogP contribution in [-0.4, -0.2) is 11.2 Å². The molecule has 18 heavy (non-hydrogen) atoms. The minimum absolute atomic E-state index is 0.146. The molecule has 100 valence electrons. The van der Waals surface area contributed by atoms with Gasteiger partial charge < -0.3 is 5.11 Å². The van der Waals surface area contributed by atoms with Crippen molar-refractivity contribution in [1.82, 2.24) is 0 Å². The summed E-state index contributed by atoms with van der Waals surface area (Å²) in [6.07, 6.45) is 4.23. The van der Waals surface area contributed by atoms with Crippen molar-refractivity contribution < 1.29 is 5.11 Å². The molecule has 0 spiro atoms. The number of aryl methyl sites for hydroxylation is 1. The summed E-state index contributed by atoms with van der Waals surface area (Å²) in [5, 5.41) is 10.2. The SMILES string of the molecule is CCc1ccc(C2CC(C(C)C)CCC2O)cc1. The van der Waals surface area contributed by atoms with Crippen LogP contribution in [0.1, 0.15) is 57.1 Å². The second kappa shape index (κ2) is 5.88. The Morgan fingerprint density at radius 1 is 1.17 bits per heavy atom. The van der Waals surface area contributed by atoms with Crippen molar-refractivity contribution in [1.29, 1.82) is 0 Å². The molecule has 1 aliphatic rings. The number of benzene rings is 1. The summed E-state index contributed by atoms with van der Waals surface area (Å²) in [6.45, 7) is 6.79. The molecule has 0 aliphatic heterocycles. The van der Waals surface area contributed by atoms with Crippen LogP contribution in [-0.2, 0) is 6.42 Å². The first-order valence-electron chi connectivity index (χ1n) is 7.38. The van der Waals surface area contributed by atoms with Crippen LogP contribution in [0.5, 0.6) is 0 Å². The summed E-state index contributed by atoms with van der Waals surface area (Å²) in [6, 6.07) is 8.85. The highest BCUT2D eigenvalue weighted by molar-refractivity contribution is 5.26. The number of hydrogen-bond donors (Lipinski definition) is 1. The maximum absolute atomic E-state index is 10.2. The summed E-state index contributed by atoms with van der Waals surface area (Å²) in [5.41, 5.74) is 2.70. The van der Waals surface area contributed by atoms with Crippen LogP contribution in [0.3, 0.4) is 0 Å². The van der Waals surface area contributed by atoms with Crippen LogP contribution in [0, 0.1) is 11.8 Å². The average molecular weight is 246 g/mol. The normalized spacial score (nSPS) is 28.6. The van der Waals surface area contributed by atoms with E-state index in [1.807, 2.05) is 0 Å². The van der Waals surface area contributed by atoms with E-state index in [4.69, 9.17) is 0 Å². The van der Waals surface area contributed by atoms with Crippen molar-refractivity contribution in [3.63, 3.8) is 0 Å². The van der Waals surface area contributed by atoms with E-state index in [0.717, 1.165) is 31.1 Å². The number of rotatable bonds is 3. The Balaban J connectivity index is 2.13. The number of aliphatic hydroxyl groups excluding tert-OH is 1. The Hall–Kier alpha value is -0.820. The van der Waals surface area contributed by atoms with E-state index in [2.05, 4.69) is 45.0 Å². The first kappa shape index (κ1) is 13.6. The maximum atomic E-state index is 10.2. The van der Waals surface area contributed by atoms with Gasteiger partial charge in [0.25, 0.3) is 0 Å². The molecule has 3 atom stereocenters. The van der Waals surface area contributed by atoms with Crippen molar-refractivity contribution in [3.05, 3.63) is 35.4 Å². The number of aliphatic hydroxyl groups is 1. The Morgan fingerprint density at radius 3 is 2.39 bits per heavy atom. The smallest absolute Gasteiger partial charge is 0.0608 e. The molecule has 0 saturated heterocycles. The van der Waals surface area contributed by atoms with Gasteiger partial charge in [-0.3, -0.25) is 0 Å². The van der Waals surface area contributed by atoms with Crippen molar-refractivity contribution >= 4 is 0 Å². The van der Waals surface area contributed by atoms with E-state index in [-0.39, 0.29) is 6.10 Å². The third-order valence-corrected chi connectivity index (χ3v) is 4.61. The minimum Gasteiger partial charge on any atom is -0.392 e. The van der Waals surface area contributed by atoms with Gasteiger partial charge in [0.15, 0.2) is 0 Å². The lowest BCUT2D eigenvalue weighted by molar-refractivity contribution is 0.0727. The zero-order valence-corrected chi connectivity index (χ0v) is 11.9. The molecule has 1 aromatic rings. The topological polar surface area (TPSA) is 20.2 Å². The summed E-state index contributed by atoms with van der Waals surface area (Å²) >= 11 is 0. The van der Waals surface area contributed by atoms with Crippen molar-refractivity contribution in [3.8, 4) is 0 Å². The highest BCUT2D eigenvalue weighted by atomic mass is 16.3. The van der Waals surface area contributed by atoms with Crippen LogP contribution >= 0.6 is 0 Å². The standard InChI is InChI=1S/C17H26O/c1-4-13-5-7-14(8-6-13)16-11-15(12(2)3)9-10-17(16)18/h5-8,12,15-18H,4,9-11H2,1-3H3. The Bertz CT molecular complexity index is 366. The van der Waals surface area contributed by atoms with Gasteiger partial charge in [-0.15, -0.1) is 0 Å². The molecule has 0 aromatic heterocycles. The molecule has 0 bridgehead atoms. The molecule has 0 radical (unpaired) electrons. The summed E-state index contributed by atoms with van der Waals surface area (Å²) in [5.74, 6) is 1.84. The Kier molecular flexibility index (Phi) is 4.45. The van der Waals surface area contributed by atoms with Gasteiger partial charge in [0.1, 0.15) is 0 Å². The second-order valence-corrected chi connectivity index (χ2v) is 6.09. The molecule has 3 unspecified atom stereocenters. The summed E-state index contributed by atoms with van der Waals surface area (Å²) in [4.78, 5) is 0. The summed E-state index contributed by atoms with van der Waals surface area (Å²) in [7, 11) is 0. The predicted octanol–water partition coefficient (Wildman–Crippen LogP) is 4.15. The van der Waals surface area contributed by atoms with E-state index in [0.29, 0.717) is 5.92 Å². The third kappa shape index (κ3) is 2.95. The molecule has 1 heteroatoms. The molecule has 0 amide bonds. The van der Waals surface area contributed by atoms with E-state index in [9.17, 15) is 5.11 Å². The average Bonchev–Trinajstić information content (AvgIpc) is 2.39. The molecule has 1 nitrogen and oxygen atoms in total. The largest absolute Gasteiger partial charge is 0.392 e. The van der Waals surface area contributed by atoms with Gasteiger partial charge in [-0.1, -0.05) is 45.0 Å².